The van der Waals surface area contributed by atoms with Crippen molar-refractivity contribution >= 4 is 22.7 Å². The zero-order valence-electron chi connectivity index (χ0n) is 21.2. The van der Waals surface area contributed by atoms with Crippen molar-refractivity contribution in [3.05, 3.63) is 87.2 Å². The molecule has 5 rings (SSSR count). The van der Waals surface area contributed by atoms with Gasteiger partial charge in [0.2, 0.25) is 5.78 Å². The lowest BCUT2D eigenvalue weighted by Gasteiger charge is -2.11. The van der Waals surface area contributed by atoms with Gasteiger partial charge in [0.1, 0.15) is 11.6 Å². The highest BCUT2D eigenvalue weighted by Crippen LogP contribution is 2.23. The zero-order valence-corrected chi connectivity index (χ0v) is 21.2. The maximum atomic E-state index is 13.0. The van der Waals surface area contributed by atoms with Crippen LogP contribution >= 0.6 is 0 Å². The van der Waals surface area contributed by atoms with Crippen LogP contribution in [0.2, 0.25) is 0 Å². The number of rotatable bonds is 6. The number of esters is 1. The van der Waals surface area contributed by atoms with Crippen LogP contribution in [0.4, 0.5) is 0 Å². The first-order chi connectivity index (χ1) is 17.9. The van der Waals surface area contributed by atoms with Gasteiger partial charge in [-0.05, 0) is 75.2 Å². The molecule has 37 heavy (non-hydrogen) atoms. The van der Waals surface area contributed by atoms with Gasteiger partial charge < -0.3 is 14.0 Å². The van der Waals surface area contributed by atoms with Gasteiger partial charge in [-0.25, -0.2) is 9.78 Å². The molecule has 3 heterocycles. The van der Waals surface area contributed by atoms with Gasteiger partial charge in [0.05, 0.1) is 23.6 Å². The molecular weight excluding hydrogens is 470 g/mol. The number of ketones is 1. The highest BCUT2D eigenvalue weighted by Gasteiger charge is 2.20. The molecule has 0 fully saturated rings. The van der Waals surface area contributed by atoms with Gasteiger partial charge in [0.15, 0.2) is 6.61 Å². The molecule has 0 aliphatic carbocycles. The summed E-state index contributed by atoms with van der Waals surface area (Å²) in [7, 11) is 1.61. The molecule has 0 amide bonds. The Bertz CT molecular complexity index is 1560. The predicted octanol–water partition coefficient (Wildman–Crippen LogP) is 4.58. The highest BCUT2D eigenvalue weighted by molar-refractivity contribution is 6.01. The van der Waals surface area contributed by atoms with E-state index in [0.717, 1.165) is 54.3 Å². The van der Waals surface area contributed by atoms with Gasteiger partial charge in [-0.1, -0.05) is 6.42 Å². The lowest BCUT2D eigenvalue weighted by atomic mass is 10.1. The van der Waals surface area contributed by atoms with Crippen LogP contribution in [0.25, 0.3) is 16.6 Å². The third-order valence-electron chi connectivity index (χ3n) is 6.95. The van der Waals surface area contributed by atoms with Crippen molar-refractivity contribution in [3.8, 4) is 11.4 Å². The zero-order chi connectivity index (χ0) is 26.1. The average Bonchev–Trinajstić information content (AvgIpc) is 3.05. The van der Waals surface area contributed by atoms with E-state index in [1.807, 2.05) is 42.7 Å². The van der Waals surface area contributed by atoms with Crippen LogP contribution in [0.15, 0.2) is 53.3 Å². The fourth-order valence-electron chi connectivity index (χ4n) is 5.01. The third kappa shape index (κ3) is 4.67. The van der Waals surface area contributed by atoms with Crippen molar-refractivity contribution in [2.24, 2.45) is 0 Å². The fraction of sp³-hybridized carbons (Fsp3) is 0.310. The molecule has 1 aliphatic heterocycles. The van der Waals surface area contributed by atoms with Crippen molar-refractivity contribution in [1.29, 1.82) is 0 Å². The molecule has 8 nitrogen and oxygen atoms in total. The van der Waals surface area contributed by atoms with Crippen molar-refractivity contribution in [2.45, 2.75) is 46.1 Å². The number of hydrogen-bond acceptors (Lipinski definition) is 6. The summed E-state index contributed by atoms with van der Waals surface area (Å²) in [6.45, 7) is 4.07. The lowest BCUT2D eigenvalue weighted by molar-refractivity contribution is 0.0474. The summed E-state index contributed by atoms with van der Waals surface area (Å²) >= 11 is 0. The number of aryl methyl sites for hydroxylation is 2. The molecule has 0 saturated carbocycles. The molecule has 0 atom stereocenters. The van der Waals surface area contributed by atoms with E-state index in [9.17, 15) is 14.4 Å². The molecule has 2 aromatic carbocycles. The Hall–Kier alpha value is -4.20. The van der Waals surface area contributed by atoms with Crippen molar-refractivity contribution in [3.63, 3.8) is 0 Å². The number of hydrogen-bond donors (Lipinski definition) is 0. The third-order valence-corrected chi connectivity index (χ3v) is 6.95. The first kappa shape index (κ1) is 24.5. The van der Waals surface area contributed by atoms with E-state index in [1.165, 1.54) is 0 Å². The van der Waals surface area contributed by atoms with Gasteiger partial charge in [0.25, 0.3) is 5.56 Å². The van der Waals surface area contributed by atoms with E-state index >= 15 is 0 Å². The van der Waals surface area contributed by atoms with Gasteiger partial charge in [-0.15, -0.1) is 0 Å². The molecule has 0 bridgehead atoms. The molecule has 1 aliphatic rings. The number of carbonyl (C=O) groups is 2. The van der Waals surface area contributed by atoms with Crippen molar-refractivity contribution in [2.75, 3.05) is 13.7 Å². The molecule has 4 aromatic rings. The van der Waals surface area contributed by atoms with E-state index in [0.29, 0.717) is 23.0 Å². The van der Waals surface area contributed by atoms with Crippen molar-refractivity contribution < 1.29 is 19.1 Å². The average molecular weight is 500 g/mol. The number of methoxy groups -OCH3 is 1. The van der Waals surface area contributed by atoms with Gasteiger partial charge in [0, 0.05) is 35.6 Å². The van der Waals surface area contributed by atoms with Crippen LogP contribution in [0.5, 0.6) is 5.75 Å². The van der Waals surface area contributed by atoms with Crippen LogP contribution in [-0.4, -0.2) is 39.6 Å². The molecule has 2 aromatic heterocycles. The van der Waals surface area contributed by atoms with E-state index in [4.69, 9.17) is 9.47 Å². The Morgan fingerprint density at radius 1 is 1.00 bits per heavy atom. The van der Waals surface area contributed by atoms with Gasteiger partial charge in [-0.3, -0.25) is 14.2 Å². The summed E-state index contributed by atoms with van der Waals surface area (Å²) < 4.78 is 14.3. The summed E-state index contributed by atoms with van der Waals surface area (Å²) in [4.78, 5) is 43.4. The fourth-order valence-corrected chi connectivity index (χ4v) is 5.01. The van der Waals surface area contributed by atoms with E-state index in [-0.39, 0.29) is 23.5 Å². The summed E-state index contributed by atoms with van der Waals surface area (Å²) in [5.74, 6) is 0.585. The van der Waals surface area contributed by atoms with Crippen molar-refractivity contribution in [1.82, 2.24) is 14.1 Å². The highest BCUT2D eigenvalue weighted by atomic mass is 16.5. The second-order valence-electron chi connectivity index (χ2n) is 9.34. The van der Waals surface area contributed by atoms with E-state index in [1.54, 1.807) is 35.9 Å². The van der Waals surface area contributed by atoms with Gasteiger partial charge >= 0.3 is 5.97 Å². The summed E-state index contributed by atoms with van der Waals surface area (Å²) in [5.41, 5.74) is 3.71. The van der Waals surface area contributed by atoms with Crippen LogP contribution in [0.3, 0.4) is 0 Å². The largest absolute Gasteiger partial charge is 0.497 e. The molecule has 8 heteroatoms. The first-order valence-electron chi connectivity index (χ1n) is 12.4. The minimum Gasteiger partial charge on any atom is -0.497 e. The molecule has 0 N–H and O–H groups in total. The minimum atomic E-state index is -0.629. The van der Waals surface area contributed by atoms with E-state index < -0.39 is 5.97 Å². The molecular formula is C29H29N3O5. The topological polar surface area (TPSA) is 92.4 Å². The monoisotopic (exact) mass is 499 g/mol. The SMILES string of the molecule is COc1ccc(-n2c(C)cc(C(=O)COC(=O)c3ccc4c(=O)n5c(nc4c3)CCCCC5)c2C)cc1. The lowest BCUT2D eigenvalue weighted by Crippen LogP contribution is -2.24. The maximum absolute atomic E-state index is 13.0. The predicted molar refractivity (Wildman–Crippen MR) is 140 cm³/mol. The molecule has 0 saturated heterocycles. The Labute approximate surface area is 214 Å². The number of ether oxygens (including phenoxy) is 2. The summed E-state index contributed by atoms with van der Waals surface area (Å²) in [6.07, 6.45) is 3.75. The Kier molecular flexibility index (Phi) is 6.65. The standard InChI is InChI=1S/C29H29N3O5/c1-18-15-24(19(2)32(18)21-9-11-22(36-3)12-10-21)26(33)17-37-29(35)20-8-13-23-25(16-20)30-27-7-5-4-6-14-31(27)28(23)34/h8-13,15-16H,4-7,14,17H2,1-3H3. The Morgan fingerprint density at radius 2 is 1.78 bits per heavy atom. The van der Waals surface area contributed by atoms with Gasteiger partial charge in [-0.2, -0.15) is 0 Å². The minimum absolute atomic E-state index is 0.0794. The summed E-state index contributed by atoms with van der Waals surface area (Å²) in [6, 6.07) is 14.1. The number of nitrogens with zero attached hydrogens (tertiary/aromatic N) is 3. The number of carbonyl (C=O) groups excluding carboxylic acids is 2. The first-order valence-corrected chi connectivity index (χ1v) is 12.4. The number of benzene rings is 2. The number of Topliss-reactive ketones (excluding diaryl/α,β-unsaturated/α-hetero) is 1. The Morgan fingerprint density at radius 3 is 2.54 bits per heavy atom. The normalized spacial score (nSPS) is 13.2. The number of aromatic nitrogens is 3. The quantitative estimate of drug-likeness (QED) is 0.285. The van der Waals surface area contributed by atoms with Crippen LogP contribution < -0.4 is 10.3 Å². The Balaban J connectivity index is 1.33. The molecule has 0 spiro atoms. The second kappa shape index (κ2) is 10.0. The van der Waals surface area contributed by atoms with Crippen LogP contribution in [0, 0.1) is 13.8 Å². The number of fused-ring (bicyclic) bond motifs is 2. The maximum Gasteiger partial charge on any atom is 0.338 e. The van der Waals surface area contributed by atoms with Crippen LogP contribution in [0.1, 0.15) is 57.2 Å². The van der Waals surface area contributed by atoms with Crippen LogP contribution in [-0.2, 0) is 17.7 Å². The molecule has 0 unspecified atom stereocenters. The smallest absolute Gasteiger partial charge is 0.338 e. The van der Waals surface area contributed by atoms with E-state index in [2.05, 4.69) is 4.98 Å². The molecule has 0 radical (unpaired) electrons. The summed E-state index contributed by atoms with van der Waals surface area (Å²) in [5, 5.41) is 0.476. The second-order valence-corrected chi connectivity index (χ2v) is 9.34. The molecule has 190 valence electrons.